The van der Waals surface area contributed by atoms with E-state index in [2.05, 4.69) is 15.6 Å². The van der Waals surface area contributed by atoms with Crippen LogP contribution in [0.1, 0.15) is 44.1 Å². The molecule has 2 N–H and O–H groups in total. The Bertz CT molecular complexity index is 747. The fourth-order valence-corrected chi connectivity index (χ4v) is 3.59. The van der Waals surface area contributed by atoms with Gasteiger partial charge in [-0.05, 0) is 38.2 Å². The van der Waals surface area contributed by atoms with Gasteiger partial charge in [-0.25, -0.2) is 4.98 Å². The third-order valence-corrected chi connectivity index (χ3v) is 5.41. The highest BCUT2D eigenvalue weighted by Gasteiger charge is 2.33. The first-order valence-electron chi connectivity index (χ1n) is 9.79. The Morgan fingerprint density at radius 3 is 2.48 bits per heavy atom. The SMILES string of the molecule is O=C(CCCNC(=O)C1CCN(c2ncc(C(F)(F)F)cc2Cl)CC1)NC1CC1. The number of rotatable bonds is 7. The summed E-state index contributed by atoms with van der Waals surface area (Å²) < 4.78 is 38.2. The zero-order valence-electron chi connectivity index (χ0n) is 15.9. The normalized spacial score (nSPS) is 17.9. The quantitative estimate of drug-likeness (QED) is 0.649. The Morgan fingerprint density at radius 2 is 1.90 bits per heavy atom. The van der Waals surface area contributed by atoms with Crippen LogP contribution < -0.4 is 15.5 Å². The average molecular weight is 433 g/mol. The van der Waals surface area contributed by atoms with Gasteiger partial charge in [0.25, 0.3) is 0 Å². The van der Waals surface area contributed by atoms with E-state index in [4.69, 9.17) is 11.6 Å². The second-order valence-electron chi connectivity index (χ2n) is 7.52. The maximum absolute atomic E-state index is 12.7. The Balaban J connectivity index is 1.40. The standard InChI is InChI=1S/C19H24ClF3N4O2/c20-15-10-13(19(21,22)23)11-25-17(15)27-8-5-12(6-9-27)18(29)24-7-1-2-16(28)26-14-3-4-14/h10-12,14H,1-9H2,(H,24,29)(H,26,28). The van der Waals surface area contributed by atoms with Gasteiger partial charge in [0, 0.05) is 44.2 Å². The van der Waals surface area contributed by atoms with Gasteiger partial charge in [-0.2, -0.15) is 13.2 Å². The second kappa shape index (κ2) is 9.19. The van der Waals surface area contributed by atoms with Crippen molar-refractivity contribution < 1.29 is 22.8 Å². The zero-order chi connectivity index (χ0) is 21.0. The van der Waals surface area contributed by atoms with Crippen molar-refractivity contribution in [1.29, 1.82) is 0 Å². The number of anilines is 1. The molecule has 10 heteroatoms. The van der Waals surface area contributed by atoms with Gasteiger partial charge in [-0.3, -0.25) is 9.59 Å². The number of pyridine rings is 1. The first-order chi connectivity index (χ1) is 13.7. The molecule has 2 heterocycles. The van der Waals surface area contributed by atoms with E-state index < -0.39 is 11.7 Å². The molecule has 2 fully saturated rings. The fourth-order valence-electron chi connectivity index (χ4n) is 3.30. The van der Waals surface area contributed by atoms with Crippen LogP contribution in [0.4, 0.5) is 19.0 Å². The molecule has 1 aliphatic heterocycles. The van der Waals surface area contributed by atoms with E-state index in [1.165, 1.54) is 0 Å². The number of nitrogens with one attached hydrogen (secondary N) is 2. The van der Waals surface area contributed by atoms with Gasteiger partial charge in [-0.15, -0.1) is 0 Å². The summed E-state index contributed by atoms with van der Waals surface area (Å²) in [5.74, 6) is 0.106. The van der Waals surface area contributed by atoms with Crippen molar-refractivity contribution in [3.05, 3.63) is 22.8 Å². The third kappa shape index (κ3) is 6.22. The molecule has 0 radical (unpaired) electrons. The zero-order valence-corrected chi connectivity index (χ0v) is 16.7. The summed E-state index contributed by atoms with van der Waals surface area (Å²) >= 11 is 6.00. The lowest BCUT2D eigenvalue weighted by atomic mass is 9.96. The van der Waals surface area contributed by atoms with Crippen molar-refractivity contribution in [2.75, 3.05) is 24.5 Å². The summed E-state index contributed by atoms with van der Waals surface area (Å²) in [6.45, 7) is 1.42. The molecule has 29 heavy (non-hydrogen) atoms. The van der Waals surface area contributed by atoms with Crippen LogP contribution in [0.3, 0.4) is 0 Å². The number of piperidine rings is 1. The monoisotopic (exact) mass is 432 g/mol. The van der Waals surface area contributed by atoms with Gasteiger partial charge < -0.3 is 15.5 Å². The number of hydrogen-bond donors (Lipinski definition) is 2. The predicted molar refractivity (Wildman–Crippen MR) is 103 cm³/mol. The molecule has 0 bridgehead atoms. The molecule has 1 aromatic heterocycles. The molecular weight excluding hydrogens is 409 g/mol. The van der Waals surface area contributed by atoms with Gasteiger partial charge in [-0.1, -0.05) is 11.6 Å². The highest BCUT2D eigenvalue weighted by molar-refractivity contribution is 6.33. The van der Waals surface area contributed by atoms with Crippen molar-refractivity contribution in [2.45, 2.75) is 50.7 Å². The van der Waals surface area contributed by atoms with Gasteiger partial charge >= 0.3 is 6.18 Å². The summed E-state index contributed by atoms with van der Waals surface area (Å²) in [4.78, 5) is 29.6. The summed E-state index contributed by atoms with van der Waals surface area (Å²) in [6, 6.07) is 1.22. The highest BCUT2D eigenvalue weighted by atomic mass is 35.5. The lowest BCUT2D eigenvalue weighted by Gasteiger charge is -2.32. The maximum Gasteiger partial charge on any atom is 0.417 e. The van der Waals surface area contributed by atoms with Crippen LogP contribution in [0.5, 0.6) is 0 Å². The fraction of sp³-hybridized carbons (Fsp3) is 0.632. The van der Waals surface area contributed by atoms with Crippen LogP contribution in [-0.4, -0.2) is 42.5 Å². The smallest absolute Gasteiger partial charge is 0.356 e. The number of nitrogens with zero attached hydrogens (tertiary/aromatic N) is 2. The van der Waals surface area contributed by atoms with Crippen LogP contribution >= 0.6 is 11.6 Å². The number of carbonyl (C=O) groups excluding carboxylic acids is 2. The lowest BCUT2D eigenvalue weighted by molar-refractivity contribution is -0.137. The van der Waals surface area contributed by atoms with Gasteiger partial charge in [0.15, 0.2) is 0 Å². The Morgan fingerprint density at radius 1 is 1.21 bits per heavy atom. The Kier molecular flexibility index (Phi) is 6.87. The molecule has 1 aliphatic carbocycles. The number of aromatic nitrogens is 1. The summed E-state index contributed by atoms with van der Waals surface area (Å²) in [6.07, 6.45) is 0.503. The molecule has 1 aromatic rings. The topological polar surface area (TPSA) is 74.3 Å². The minimum absolute atomic E-state index is 0.0241. The maximum atomic E-state index is 12.7. The van der Waals surface area contributed by atoms with Crippen LogP contribution in [-0.2, 0) is 15.8 Å². The van der Waals surface area contributed by atoms with Crippen molar-refractivity contribution in [1.82, 2.24) is 15.6 Å². The minimum atomic E-state index is -4.49. The Labute approximate surface area is 172 Å². The Hall–Kier alpha value is -2.03. The number of carbonyl (C=O) groups is 2. The van der Waals surface area contributed by atoms with Gasteiger partial charge in [0.2, 0.25) is 11.8 Å². The average Bonchev–Trinajstić information content (AvgIpc) is 3.48. The van der Waals surface area contributed by atoms with E-state index in [9.17, 15) is 22.8 Å². The first-order valence-corrected chi connectivity index (χ1v) is 10.2. The molecule has 2 aliphatic rings. The number of amides is 2. The second-order valence-corrected chi connectivity index (χ2v) is 7.93. The molecule has 2 amide bonds. The molecule has 6 nitrogen and oxygen atoms in total. The molecule has 0 unspecified atom stereocenters. The number of halogens is 4. The van der Waals surface area contributed by atoms with E-state index in [1.54, 1.807) is 4.90 Å². The van der Waals surface area contributed by atoms with Gasteiger partial charge in [0.1, 0.15) is 5.82 Å². The highest BCUT2D eigenvalue weighted by Crippen LogP contribution is 2.34. The van der Waals surface area contributed by atoms with Crippen molar-refractivity contribution in [3.63, 3.8) is 0 Å². The van der Waals surface area contributed by atoms with Crippen molar-refractivity contribution in [2.24, 2.45) is 5.92 Å². The van der Waals surface area contributed by atoms with Crippen molar-refractivity contribution in [3.8, 4) is 0 Å². The molecule has 0 atom stereocenters. The van der Waals surface area contributed by atoms with Crippen LogP contribution in [0.15, 0.2) is 12.3 Å². The molecule has 0 aromatic carbocycles. The number of hydrogen-bond acceptors (Lipinski definition) is 4. The van der Waals surface area contributed by atoms with E-state index in [1.807, 2.05) is 0 Å². The molecular formula is C19H24ClF3N4O2. The van der Waals surface area contributed by atoms with Crippen LogP contribution in [0.2, 0.25) is 5.02 Å². The number of alkyl halides is 3. The van der Waals surface area contributed by atoms with Crippen molar-refractivity contribution >= 4 is 29.2 Å². The summed E-state index contributed by atoms with van der Waals surface area (Å²) in [5.41, 5.74) is -0.883. The summed E-state index contributed by atoms with van der Waals surface area (Å²) in [5, 5.41) is 5.72. The molecule has 3 rings (SSSR count). The van der Waals surface area contributed by atoms with Crippen LogP contribution in [0, 0.1) is 5.92 Å². The summed E-state index contributed by atoms with van der Waals surface area (Å²) in [7, 11) is 0. The van der Waals surface area contributed by atoms with Gasteiger partial charge in [0.05, 0.1) is 10.6 Å². The molecule has 1 saturated carbocycles. The largest absolute Gasteiger partial charge is 0.417 e. The minimum Gasteiger partial charge on any atom is -0.356 e. The predicted octanol–water partition coefficient (Wildman–Crippen LogP) is 3.15. The lowest BCUT2D eigenvalue weighted by Crippen LogP contribution is -2.41. The van der Waals surface area contributed by atoms with E-state index in [0.29, 0.717) is 57.2 Å². The molecule has 160 valence electrons. The molecule has 0 spiro atoms. The third-order valence-electron chi connectivity index (χ3n) is 5.14. The van der Waals surface area contributed by atoms with E-state index in [-0.39, 0.29) is 22.8 Å². The van der Waals surface area contributed by atoms with E-state index >= 15 is 0 Å². The molecule has 1 saturated heterocycles. The first kappa shape index (κ1) is 21.7. The van der Waals surface area contributed by atoms with E-state index in [0.717, 1.165) is 25.1 Å². The van der Waals surface area contributed by atoms with Crippen LogP contribution in [0.25, 0.3) is 0 Å².